The van der Waals surface area contributed by atoms with Crippen molar-refractivity contribution < 1.29 is 17.9 Å². The Morgan fingerprint density at radius 1 is 1.17 bits per heavy atom. The van der Waals surface area contributed by atoms with Crippen molar-refractivity contribution in [1.29, 1.82) is 0 Å². The smallest absolute Gasteiger partial charge is 0.285 e. The molecule has 2 aromatic rings. The summed E-state index contributed by atoms with van der Waals surface area (Å²) < 4.78 is 30.6. The summed E-state index contributed by atoms with van der Waals surface area (Å²) in [7, 11) is -3.10. The summed E-state index contributed by atoms with van der Waals surface area (Å²) >= 11 is 10.6. The third kappa shape index (κ3) is 4.79. The van der Waals surface area contributed by atoms with Crippen LogP contribution in [0.25, 0.3) is 0 Å². The summed E-state index contributed by atoms with van der Waals surface area (Å²) in [5.41, 5.74) is 0.801. The van der Waals surface area contributed by atoms with Gasteiger partial charge in [0.15, 0.2) is 21.6 Å². The fourth-order valence-corrected chi connectivity index (χ4v) is 7.60. The number of benzene rings is 2. The number of aliphatic imine (C=N–C) groups is 1. The fourth-order valence-electron chi connectivity index (χ4n) is 3.28. The van der Waals surface area contributed by atoms with Gasteiger partial charge in [-0.1, -0.05) is 39.3 Å². The third-order valence-electron chi connectivity index (χ3n) is 4.57. The number of hydrogen-bond acceptors (Lipinski definition) is 5. The second kappa shape index (κ2) is 8.29. The van der Waals surface area contributed by atoms with Crippen molar-refractivity contribution in [2.75, 3.05) is 23.0 Å². The molecule has 2 aliphatic rings. The molecule has 0 N–H and O–H groups in total. The number of thioether (sulfide) groups is 1. The monoisotopic (exact) mass is 514 g/mol. The number of fused-ring (bicyclic) bond motifs is 1. The van der Waals surface area contributed by atoms with Crippen molar-refractivity contribution in [3.63, 3.8) is 0 Å². The van der Waals surface area contributed by atoms with E-state index in [-0.39, 0.29) is 29.4 Å². The van der Waals surface area contributed by atoms with Gasteiger partial charge in [0.05, 0.1) is 17.5 Å². The van der Waals surface area contributed by atoms with E-state index in [1.807, 2.05) is 29.2 Å². The maximum absolute atomic E-state index is 12.4. The minimum Gasteiger partial charge on any atom is -0.484 e. The Labute approximate surface area is 186 Å². The van der Waals surface area contributed by atoms with Crippen LogP contribution in [0.5, 0.6) is 5.75 Å². The van der Waals surface area contributed by atoms with E-state index in [1.54, 1.807) is 24.3 Å². The zero-order chi connectivity index (χ0) is 20.6. The van der Waals surface area contributed by atoms with Gasteiger partial charge in [-0.15, -0.1) is 0 Å². The summed E-state index contributed by atoms with van der Waals surface area (Å²) in [6.45, 7) is -0.215. The van der Waals surface area contributed by atoms with Crippen molar-refractivity contribution >= 4 is 65.9 Å². The van der Waals surface area contributed by atoms with Gasteiger partial charge in [-0.25, -0.2) is 8.42 Å². The van der Waals surface area contributed by atoms with E-state index in [0.29, 0.717) is 15.9 Å². The Balaban J connectivity index is 1.54. The number of carbonyl (C=O) groups excluding carboxylic acids is 1. The molecular formula is C19H16BrClN2O4S2. The lowest BCUT2D eigenvalue weighted by molar-refractivity contribution is -0.119. The number of amides is 1. The highest BCUT2D eigenvalue weighted by atomic mass is 79.9. The average molecular weight is 516 g/mol. The number of amidine groups is 1. The van der Waals surface area contributed by atoms with Gasteiger partial charge in [0.2, 0.25) is 0 Å². The van der Waals surface area contributed by atoms with Crippen LogP contribution in [0.2, 0.25) is 5.02 Å². The van der Waals surface area contributed by atoms with Crippen LogP contribution in [-0.2, 0) is 14.6 Å². The molecule has 4 rings (SSSR count). The lowest BCUT2D eigenvalue weighted by atomic mass is 10.2. The van der Waals surface area contributed by atoms with Crippen molar-refractivity contribution in [2.24, 2.45) is 4.99 Å². The molecule has 0 radical (unpaired) electrons. The molecule has 6 nitrogen and oxygen atoms in total. The molecule has 2 aliphatic heterocycles. The van der Waals surface area contributed by atoms with E-state index in [9.17, 15) is 13.2 Å². The lowest BCUT2D eigenvalue weighted by Crippen LogP contribution is -2.37. The minimum absolute atomic E-state index is 0.0508. The number of hydrogen-bond donors (Lipinski definition) is 0. The molecular weight excluding hydrogens is 500 g/mol. The Bertz CT molecular complexity index is 1060. The number of sulfone groups is 1. The number of anilines is 1. The van der Waals surface area contributed by atoms with Crippen LogP contribution in [0.1, 0.15) is 0 Å². The summed E-state index contributed by atoms with van der Waals surface area (Å²) in [5.74, 6) is 0.223. The molecule has 2 aromatic carbocycles. The first-order valence-electron chi connectivity index (χ1n) is 8.72. The molecule has 2 heterocycles. The number of carbonyl (C=O) groups is 1. The molecule has 2 unspecified atom stereocenters. The Hall–Kier alpha value is -1.55. The predicted octanol–water partition coefficient (Wildman–Crippen LogP) is 3.78. The molecule has 2 saturated heterocycles. The first kappa shape index (κ1) is 20.7. The first-order chi connectivity index (χ1) is 13.8. The molecule has 10 heteroatoms. The van der Waals surface area contributed by atoms with Crippen LogP contribution in [-0.4, -0.2) is 48.9 Å². The van der Waals surface area contributed by atoms with E-state index < -0.39 is 15.7 Å². The zero-order valence-corrected chi connectivity index (χ0v) is 19.0. The molecule has 2 fully saturated rings. The summed E-state index contributed by atoms with van der Waals surface area (Å²) in [6, 6.07) is 14.0. The minimum atomic E-state index is -3.10. The largest absolute Gasteiger partial charge is 0.484 e. The van der Waals surface area contributed by atoms with Crippen LogP contribution in [0, 0.1) is 0 Å². The van der Waals surface area contributed by atoms with Gasteiger partial charge in [-0.2, -0.15) is 4.99 Å². The van der Waals surface area contributed by atoms with Crippen molar-refractivity contribution in [1.82, 2.24) is 0 Å². The molecule has 0 aliphatic carbocycles. The number of rotatable bonds is 4. The van der Waals surface area contributed by atoms with E-state index in [0.717, 1.165) is 10.2 Å². The van der Waals surface area contributed by atoms with Gasteiger partial charge in [0.1, 0.15) is 5.75 Å². The highest BCUT2D eigenvalue weighted by Gasteiger charge is 2.49. The molecule has 0 bridgehead atoms. The molecule has 0 aromatic heterocycles. The van der Waals surface area contributed by atoms with Crippen LogP contribution in [0.4, 0.5) is 5.69 Å². The Morgan fingerprint density at radius 2 is 1.86 bits per heavy atom. The third-order valence-corrected chi connectivity index (χ3v) is 8.56. The van der Waals surface area contributed by atoms with Gasteiger partial charge in [0.25, 0.3) is 5.91 Å². The van der Waals surface area contributed by atoms with Crippen molar-refractivity contribution in [2.45, 2.75) is 11.3 Å². The van der Waals surface area contributed by atoms with Crippen LogP contribution in [0.15, 0.2) is 58.0 Å². The van der Waals surface area contributed by atoms with E-state index in [4.69, 9.17) is 16.3 Å². The second-order valence-corrected chi connectivity index (χ2v) is 11.4. The predicted molar refractivity (Wildman–Crippen MR) is 120 cm³/mol. The Kier molecular flexibility index (Phi) is 5.92. The van der Waals surface area contributed by atoms with Gasteiger partial charge in [0, 0.05) is 20.4 Å². The average Bonchev–Trinajstić information content (AvgIpc) is 3.13. The quantitative estimate of drug-likeness (QED) is 0.617. The Morgan fingerprint density at radius 3 is 2.55 bits per heavy atom. The topological polar surface area (TPSA) is 76.0 Å². The van der Waals surface area contributed by atoms with Gasteiger partial charge in [-0.05, 0) is 48.5 Å². The van der Waals surface area contributed by atoms with E-state index in [2.05, 4.69) is 20.9 Å². The molecule has 1 amide bonds. The van der Waals surface area contributed by atoms with E-state index in [1.165, 1.54) is 11.8 Å². The van der Waals surface area contributed by atoms with Gasteiger partial charge >= 0.3 is 0 Å². The normalized spacial score (nSPS) is 23.9. The SMILES string of the molecule is O=C(COc1ccc(Cl)cc1)N=C1SC2CS(=O)(=O)CC2N1c1ccc(Br)cc1. The second-order valence-electron chi connectivity index (χ2n) is 6.68. The highest BCUT2D eigenvalue weighted by Crippen LogP contribution is 2.41. The number of halogens is 2. The lowest BCUT2D eigenvalue weighted by Gasteiger charge is -2.24. The maximum Gasteiger partial charge on any atom is 0.285 e. The van der Waals surface area contributed by atoms with Crippen molar-refractivity contribution in [3.05, 3.63) is 58.0 Å². The molecule has 29 heavy (non-hydrogen) atoms. The highest BCUT2D eigenvalue weighted by molar-refractivity contribution is 9.10. The van der Waals surface area contributed by atoms with Crippen molar-refractivity contribution in [3.8, 4) is 5.75 Å². The van der Waals surface area contributed by atoms with Crippen LogP contribution >= 0.6 is 39.3 Å². The zero-order valence-electron chi connectivity index (χ0n) is 15.0. The molecule has 0 saturated carbocycles. The summed E-state index contributed by atoms with van der Waals surface area (Å²) in [6.07, 6.45) is 0. The summed E-state index contributed by atoms with van der Waals surface area (Å²) in [5, 5.41) is 0.937. The number of nitrogens with zero attached hydrogens (tertiary/aromatic N) is 2. The summed E-state index contributed by atoms with van der Waals surface area (Å²) in [4.78, 5) is 18.5. The van der Waals surface area contributed by atoms with Gasteiger partial charge < -0.3 is 9.64 Å². The molecule has 2 atom stereocenters. The first-order valence-corrected chi connectivity index (χ1v) is 12.6. The van der Waals surface area contributed by atoms with Crippen LogP contribution in [0.3, 0.4) is 0 Å². The van der Waals surface area contributed by atoms with E-state index >= 15 is 0 Å². The standard InChI is InChI=1S/C19H16BrClN2O4S2/c20-12-1-5-14(6-2-12)23-16-10-29(25,26)11-17(16)28-19(23)22-18(24)9-27-15-7-3-13(21)4-8-15/h1-8,16-17H,9-11H2. The maximum atomic E-state index is 12.4. The number of ether oxygens (including phenoxy) is 1. The van der Waals surface area contributed by atoms with Gasteiger partial charge in [-0.3, -0.25) is 4.79 Å². The molecule has 152 valence electrons. The molecule has 0 spiro atoms. The fraction of sp³-hybridized carbons (Fsp3) is 0.263. The van der Waals surface area contributed by atoms with Crippen LogP contribution < -0.4 is 9.64 Å².